The maximum absolute atomic E-state index is 12.1. The number of phenols is 2. The first-order valence-corrected chi connectivity index (χ1v) is 10.6. The predicted octanol–water partition coefficient (Wildman–Crippen LogP) is 2.37. The summed E-state index contributed by atoms with van der Waals surface area (Å²) in [5.74, 6) is 3.43. The molecule has 0 spiro atoms. The van der Waals surface area contributed by atoms with Gasteiger partial charge < -0.3 is 19.5 Å². The Labute approximate surface area is 173 Å². The molecule has 0 saturated carbocycles. The second-order valence-electron chi connectivity index (χ2n) is 6.84. The topological polar surface area (TPSA) is 128 Å². The second kappa shape index (κ2) is 7.01. The van der Waals surface area contributed by atoms with E-state index in [1.165, 1.54) is 25.4 Å². The van der Waals surface area contributed by atoms with Gasteiger partial charge in [0.1, 0.15) is 15.6 Å². The molecule has 0 amide bonds. The van der Waals surface area contributed by atoms with E-state index in [9.17, 15) is 14.4 Å². The lowest BCUT2D eigenvalue weighted by Crippen LogP contribution is -2.23. The summed E-state index contributed by atoms with van der Waals surface area (Å²) in [6.45, 7) is 0. The van der Waals surface area contributed by atoms with E-state index >= 15 is 0 Å². The summed E-state index contributed by atoms with van der Waals surface area (Å²) < 4.78 is 23.6. The van der Waals surface area contributed by atoms with Gasteiger partial charge in [-0.05, 0) is 36.2 Å². The molecule has 4 rings (SSSR count). The van der Waals surface area contributed by atoms with Gasteiger partial charge in [0.05, 0.1) is 19.0 Å². The predicted molar refractivity (Wildman–Crippen MR) is 118 cm³/mol. The monoisotopic (exact) mass is 427 g/mol. The van der Waals surface area contributed by atoms with Gasteiger partial charge in [-0.2, -0.15) is 0 Å². The molecular formula is C20H21N5O4S. The zero-order chi connectivity index (χ0) is 21.6. The molecule has 2 aromatic heterocycles. The first kappa shape index (κ1) is 19.7. The minimum Gasteiger partial charge on any atom is -0.507 e. The molecule has 0 bridgehead atoms. The molecule has 0 aliphatic rings. The summed E-state index contributed by atoms with van der Waals surface area (Å²) in [7, 11) is 0.252. The van der Waals surface area contributed by atoms with E-state index in [0.717, 1.165) is 10.9 Å². The molecule has 0 aliphatic carbocycles. The lowest BCUT2D eigenvalue weighted by molar-refractivity contribution is 0.370. The molecule has 0 radical (unpaired) electrons. The summed E-state index contributed by atoms with van der Waals surface area (Å²) >= 11 is 0. The lowest BCUT2D eigenvalue weighted by atomic mass is 10.1. The molecule has 1 atom stereocenters. The SMILES string of the molecule is C=S(N)(=O)Nc1ncc(-c2cc(OC)c(O)cc2O)n1-c1ccc2c(ccn2C)c1. The molecule has 1 unspecified atom stereocenters. The van der Waals surface area contributed by atoms with Crippen molar-refractivity contribution in [2.24, 2.45) is 12.2 Å². The van der Waals surface area contributed by atoms with Crippen LogP contribution in [-0.2, 0) is 16.9 Å². The number of aryl methyl sites for hydroxylation is 1. The number of imidazole rings is 1. The summed E-state index contributed by atoms with van der Waals surface area (Å²) in [5.41, 5.74) is 2.54. The second-order valence-corrected chi connectivity index (χ2v) is 8.50. The van der Waals surface area contributed by atoms with Crippen molar-refractivity contribution in [3.05, 3.63) is 48.8 Å². The first-order chi connectivity index (χ1) is 14.2. The summed E-state index contributed by atoms with van der Waals surface area (Å²) in [5, 5.41) is 27.0. The lowest BCUT2D eigenvalue weighted by Gasteiger charge is -2.16. The van der Waals surface area contributed by atoms with Gasteiger partial charge in [-0.3, -0.25) is 9.29 Å². The van der Waals surface area contributed by atoms with Crippen LogP contribution < -0.4 is 14.6 Å². The number of hydrogen-bond acceptors (Lipinski definition) is 5. The maximum Gasteiger partial charge on any atom is 0.220 e. The number of nitrogens with one attached hydrogen (secondary N) is 1. The highest BCUT2D eigenvalue weighted by Crippen LogP contribution is 2.40. The van der Waals surface area contributed by atoms with E-state index in [1.54, 1.807) is 4.57 Å². The van der Waals surface area contributed by atoms with Gasteiger partial charge in [-0.15, -0.1) is 0 Å². The molecular weight excluding hydrogens is 406 g/mol. The van der Waals surface area contributed by atoms with Crippen LogP contribution >= 0.6 is 0 Å². The molecule has 0 aliphatic heterocycles. The minimum atomic E-state index is -3.11. The summed E-state index contributed by atoms with van der Waals surface area (Å²) in [6, 6.07) is 10.4. The average molecular weight is 427 g/mol. The van der Waals surface area contributed by atoms with Crippen LogP contribution in [0.15, 0.2) is 48.8 Å². The minimum absolute atomic E-state index is 0.176. The van der Waals surface area contributed by atoms with Crippen LogP contribution in [-0.4, -0.2) is 41.5 Å². The van der Waals surface area contributed by atoms with Crippen molar-refractivity contribution in [1.82, 2.24) is 14.1 Å². The van der Waals surface area contributed by atoms with Crippen LogP contribution in [0, 0.1) is 0 Å². The third kappa shape index (κ3) is 3.42. The van der Waals surface area contributed by atoms with Gasteiger partial charge in [-0.1, -0.05) is 0 Å². The highest BCUT2D eigenvalue weighted by molar-refractivity contribution is 7.99. The quantitative estimate of drug-likeness (QED) is 0.364. The van der Waals surface area contributed by atoms with Crippen molar-refractivity contribution < 1.29 is 19.2 Å². The molecule has 9 nitrogen and oxygen atoms in total. The van der Waals surface area contributed by atoms with E-state index in [-0.39, 0.29) is 23.2 Å². The number of phenolic OH excluding ortho intramolecular Hbond substituents is 2. The first-order valence-electron chi connectivity index (χ1n) is 8.84. The number of fused-ring (bicyclic) bond motifs is 1. The van der Waals surface area contributed by atoms with E-state index < -0.39 is 9.89 Å². The largest absolute Gasteiger partial charge is 0.507 e. The summed E-state index contributed by atoms with van der Waals surface area (Å²) in [4.78, 5) is 4.29. The number of anilines is 1. The van der Waals surface area contributed by atoms with Crippen LogP contribution in [0.1, 0.15) is 0 Å². The summed E-state index contributed by atoms with van der Waals surface area (Å²) in [6.07, 6.45) is 3.44. The van der Waals surface area contributed by atoms with Crippen LogP contribution in [0.25, 0.3) is 27.8 Å². The molecule has 5 N–H and O–H groups in total. The van der Waals surface area contributed by atoms with E-state index in [1.807, 2.05) is 42.1 Å². The number of rotatable bonds is 5. The Morgan fingerprint density at radius 3 is 2.67 bits per heavy atom. The van der Waals surface area contributed by atoms with Gasteiger partial charge in [-0.25, -0.2) is 14.3 Å². The van der Waals surface area contributed by atoms with Crippen molar-refractivity contribution in [3.8, 4) is 34.2 Å². The Balaban J connectivity index is 1.98. The number of nitrogens with zero attached hydrogens (tertiary/aromatic N) is 3. The normalized spacial score (nSPS) is 13.3. The van der Waals surface area contributed by atoms with Crippen molar-refractivity contribution in [3.63, 3.8) is 0 Å². The fourth-order valence-electron chi connectivity index (χ4n) is 3.36. The molecule has 156 valence electrons. The standard InChI is InChI=1S/C20H21N5O4S/c1-24-7-6-12-8-13(4-5-15(12)24)25-16(11-22-20(25)23-30(3,21)28)14-9-19(29-2)18(27)10-17(14)26/h4-11,26-27H,3H2,1-2H3,(H3,21,22,23,28). The Kier molecular flexibility index (Phi) is 4.60. The molecule has 0 fully saturated rings. The van der Waals surface area contributed by atoms with Crippen molar-refractivity contribution in [2.45, 2.75) is 0 Å². The smallest absolute Gasteiger partial charge is 0.220 e. The zero-order valence-electron chi connectivity index (χ0n) is 16.4. The van der Waals surface area contributed by atoms with Gasteiger partial charge in [0.2, 0.25) is 5.95 Å². The highest BCUT2D eigenvalue weighted by Gasteiger charge is 2.20. The van der Waals surface area contributed by atoms with Gasteiger partial charge in [0.25, 0.3) is 0 Å². The molecule has 2 aromatic carbocycles. The van der Waals surface area contributed by atoms with Gasteiger partial charge in [0.15, 0.2) is 11.5 Å². The number of nitrogens with two attached hydrogens (primary N) is 1. The molecule has 30 heavy (non-hydrogen) atoms. The van der Waals surface area contributed by atoms with Gasteiger partial charge in [0, 0.05) is 41.5 Å². The molecule has 4 aromatic rings. The van der Waals surface area contributed by atoms with Crippen LogP contribution in [0.2, 0.25) is 0 Å². The van der Waals surface area contributed by atoms with E-state index in [0.29, 0.717) is 16.9 Å². The third-order valence-electron chi connectivity index (χ3n) is 4.73. The zero-order valence-corrected chi connectivity index (χ0v) is 17.2. The van der Waals surface area contributed by atoms with Gasteiger partial charge >= 0.3 is 0 Å². The van der Waals surface area contributed by atoms with Crippen LogP contribution in [0.3, 0.4) is 0 Å². The maximum atomic E-state index is 12.1. The van der Waals surface area contributed by atoms with Crippen molar-refractivity contribution >= 4 is 32.6 Å². The number of ether oxygens (including phenoxy) is 1. The van der Waals surface area contributed by atoms with Crippen molar-refractivity contribution in [1.29, 1.82) is 0 Å². The van der Waals surface area contributed by atoms with E-state index in [2.05, 4.69) is 15.6 Å². The highest BCUT2D eigenvalue weighted by atomic mass is 32.2. The Hall–Kier alpha value is -3.63. The number of methoxy groups -OCH3 is 1. The number of hydrogen-bond donors (Lipinski definition) is 4. The fraction of sp³-hybridized carbons (Fsp3) is 0.100. The van der Waals surface area contributed by atoms with Crippen LogP contribution in [0.4, 0.5) is 5.95 Å². The molecule has 0 saturated heterocycles. The Bertz CT molecular complexity index is 1370. The number of benzene rings is 2. The number of aromatic hydroxyl groups is 2. The van der Waals surface area contributed by atoms with E-state index in [4.69, 9.17) is 9.88 Å². The Morgan fingerprint density at radius 1 is 1.20 bits per heavy atom. The molecule has 2 heterocycles. The average Bonchev–Trinajstić information content (AvgIpc) is 3.24. The number of aromatic nitrogens is 3. The van der Waals surface area contributed by atoms with Crippen molar-refractivity contribution in [2.75, 3.05) is 11.8 Å². The fourth-order valence-corrected chi connectivity index (χ4v) is 3.82. The Morgan fingerprint density at radius 2 is 1.97 bits per heavy atom. The van der Waals surface area contributed by atoms with Crippen LogP contribution in [0.5, 0.6) is 17.2 Å². The third-order valence-corrected chi connectivity index (χ3v) is 5.25. The molecule has 10 heteroatoms.